The quantitative estimate of drug-likeness (QED) is 0.933. The SMILES string of the molecule is CCN(c1nc[nH]c(=O)c1Br)C1CCCCC1. The van der Waals surface area contributed by atoms with E-state index in [1.165, 1.54) is 38.4 Å². The molecule has 1 aromatic heterocycles. The molecule has 1 N–H and O–H groups in total. The van der Waals surface area contributed by atoms with Crippen molar-refractivity contribution in [2.24, 2.45) is 0 Å². The van der Waals surface area contributed by atoms with Gasteiger partial charge in [-0.2, -0.15) is 0 Å². The van der Waals surface area contributed by atoms with E-state index in [1.54, 1.807) is 0 Å². The van der Waals surface area contributed by atoms with E-state index >= 15 is 0 Å². The monoisotopic (exact) mass is 299 g/mol. The normalized spacial score (nSPS) is 17.1. The molecule has 5 heteroatoms. The zero-order valence-electron chi connectivity index (χ0n) is 10.1. The van der Waals surface area contributed by atoms with Crippen molar-refractivity contribution in [3.05, 3.63) is 21.2 Å². The maximum Gasteiger partial charge on any atom is 0.267 e. The van der Waals surface area contributed by atoms with Crippen molar-refractivity contribution in [3.8, 4) is 0 Å². The lowest BCUT2D eigenvalue weighted by Crippen LogP contribution is -2.38. The lowest BCUT2D eigenvalue weighted by molar-refractivity contribution is 0.416. The Morgan fingerprint density at radius 2 is 2.18 bits per heavy atom. The van der Waals surface area contributed by atoms with Crippen molar-refractivity contribution < 1.29 is 0 Å². The van der Waals surface area contributed by atoms with Crippen LogP contribution in [0.2, 0.25) is 0 Å². The van der Waals surface area contributed by atoms with Crippen LogP contribution in [0.4, 0.5) is 5.82 Å². The van der Waals surface area contributed by atoms with E-state index in [9.17, 15) is 4.79 Å². The number of hydrogen-bond donors (Lipinski definition) is 1. The summed E-state index contributed by atoms with van der Waals surface area (Å²) in [6.07, 6.45) is 7.78. The van der Waals surface area contributed by atoms with Gasteiger partial charge in [0, 0.05) is 12.6 Å². The molecule has 0 unspecified atom stereocenters. The molecule has 0 saturated heterocycles. The first-order valence-electron chi connectivity index (χ1n) is 6.24. The van der Waals surface area contributed by atoms with Crippen LogP contribution in [0.15, 0.2) is 15.6 Å². The molecule has 0 aliphatic heterocycles. The Balaban J connectivity index is 2.27. The van der Waals surface area contributed by atoms with Crippen LogP contribution < -0.4 is 10.5 Å². The molecule has 1 heterocycles. The molecule has 94 valence electrons. The Labute approximate surface area is 110 Å². The molecule has 1 fully saturated rings. The highest BCUT2D eigenvalue weighted by molar-refractivity contribution is 9.10. The van der Waals surface area contributed by atoms with Crippen LogP contribution in [0.3, 0.4) is 0 Å². The van der Waals surface area contributed by atoms with Crippen LogP contribution in [0.25, 0.3) is 0 Å². The second-order valence-corrected chi connectivity index (χ2v) is 5.24. The van der Waals surface area contributed by atoms with E-state index in [4.69, 9.17) is 0 Å². The van der Waals surface area contributed by atoms with Gasteiger partial charge in [-0.25, -0.2) is 4.98 Å². The third kappa shape index (κ3) is 2.70. The number of nitrogens with zero attached hydrogens (tertiary/aromatic N) is 2. The third-order valence-corrected chi connectivity index (χ3v) is 4.12. The topological polar surface area (TPSA) is 49.0 Å². The van der Waals surface area contributed by atoms with Gasteiger partial charge in [0.05, 0.1) is 6.33 Å². The Kier molecular flexibility index (Phi) is 4.20. The summed E-state index contributed by atoms with van der Waals surface area (Å²) in [4.78, 5) is 20.7. The summed E-state index contributed by atoms with van der Waals surface area (Å²) in [6.45, 7) is 3.00. The maximum absolute atomic E-state index is 11.6. The molecule has 0 atom stereocenters. The summed E-state index contributed by atoms with van der Waals surface area (Å²) in [7, 11) is 0. The highest BCUT2D eigenvalue weighted by Crippen LogP contribution is 2.28. The smallest absolute Gasteiger partial charge is 0.267 e. The second kappa shape index (κ2) is 5.67. The molecule has 1 saturated carbocycles. The maximum atomic E-state index is 11.6. The number of nitrogens with one attached hydrogen (secondary N) is 1. The third-order valence-electron chi connectivity index (χ3n) is 3.41. The number of halogens is 1. The van der Waals surface area contributed by atoms with Crippen molar-refractivity contribution in [2.75, 3.05) is 11.4 Å². The minimum absolute atomic E-state index is 0.107. The van der Waals surface area contributed by atoms with Gasteiger partial charge in [-0.15, -0.1) is 0 Å². The molecule has 0 bridgehead atoms. The van der Waals surface area contributed by atoms with Gasteiger partial charge in [0.15, 0.2) is 5.82 Å². The van der Waals surface area contributed by atoms with Crippen molar-refractivity contribution >= 4 is 21.7 Å². The number of hydrogen-bond acceptors (Lipinski definition) is 3. The van der Waals surface area contributed by atoms with E-state index in [-0.39, 0.29) is 5.56 Å². The van der Waals surface area contributed by atoms with Crippen LogP contribution in [-0.4, -0.2) is 22.6 Å². The zero-order chi connectivity index (χ0) is 12.3. The minimum atomic E-state index is -0.107. The number of H-pyrrole nitrogens is 1. The minimum Gasteiger partial charge on any atom is -0.353 e. The fourth-order valence-electron chi connectivity index (χ4n) is 2.55. The van der Waals surface area contributed by atoms with E-state index in [0.717, 1.165) is 12.4 Å². The van der Waals surface area contributed by atoms with Crippen molar-refractivity contribution in [1.82, 2.24) is 9.97 Å². The van der Waals surface area contributed by atoms with Crippen LogP contribution in [-0.2, 0) is 0 Å². The molecule has 4 nitrogen and oxygen atoms in total. The van der Waals surface area contributed by atoms with Gasteiger partial charge in [0.25, 0.3) is 5.56 Å². The predicted molar refractivity (Wildman–Crippen MR) is 72.5 cm³/mol. The summed E-state index contributed by atoms with van der Waals surface area (Å²) in [5.74, 6) is 0.781. The molecule has 2 rings (SSSR count). The fraction of sp³-hybridized carbons (Fsp3) is 0.667. The molecule has 1 aromatic rings. The Morgan fingerprint density at radius 1 is 1.47 bits per heavy atom. The lowest BCUT2D eigenvalue weighted by atomic mass is 9.94. The highest BCUT2D eigenvalue weighted by Gasteiger charge is 2.23. The van der Waals surface area contributed by atoms with Gasteiger partial charge in [-0.3, -0.25) is 4.79 Å². The van der Waals surface area contributed by atoms with E-state index in [1.807, 2.05) is 0 Å². The van der Waals surface area contributed by atoms with E-state index in [2.05, 4.69) is 37.7 Å². The fourth-order valence-corrected chi connectivity index (χ4v) is 2.99. The van der Waals surface area contributed by atoms with Gasteiger partial charge in [-0.1, -0.05) is 19.3 Å². The summed E-state index contributed by atoms with van der Waals surface area (Å²) < 4.78 is 0.549. The zero-order valence-corrected chi connectivity index (χ0v) is 11.7. The standard InChI is InChI=1S/C12H18BrN3O/c1-2-16(9-6-4-3-5-7-9)11-10(13)12(17)15-8-14-11/h8-9H,2-7H2,1H3,(H,14,15,17). The molecule has 0 aromatic carbocycles. The van der Waals surface area contributed by atoms with Gasteiger partial charge in [0.2, 0.25) is 0 Å². The number of aromatic amines is 1. The molecular formula is C12H18BrN3O. The van der Waals surface area contributed by atoms with E-state index < -0.39 is 0 Å². The van der Waals surface area contributed by atoms with Gasteiger partial charge >= 0.3 is 0 Å². The molecule has 0 spiro atoms. The van der Waals surface area contributed by atoms with Crippen molar-refractivity contribution in [1.29, 1.82) is 0 Å². The Morgan fingerprint density at radius 3 is 2.82 bits per heavy atom. The van der Waals surface area contributed by atoms with Crippen LogP contribution in [0.5, 0.6) is 0 Å². The molecule has 17 heavy (non-hydrogen) atoms. The number of aromatic nitrogens is 2. The molecule has 0 radical (unpaired) electrons. The van der Waals surface area contributed by atoms with Crippen LogP contribution >= 0.6 is 15.9 Å². The van der Waals surface area contributed by atoms with Gasteiger partial charge in [0.1, 0.15) is 4.47 Å². The molecule has 1 aliphatic carbocycles. The van der Waals surface area contributed by atoms with Crippen LogP contribution in [0, 0.1) is 0 Å². The molecule has 1 aliphatic rings. The summed E-state index contributed by atoms with van der Waals surface area (Å²) in [5, 5.41) is 0. The Bertz CT molecular complexity index is 426. The first-order valence-corrected chi connectivity index (χ1v) is 7.03. The number of anilines is 1. The molecular weight excluding hydrogens is 282 g/mol. The first kappa shape index (κ1) is 12.6. The van der Waals surface area contributed by atoms with Crippen molar-refractivity contribution in [3.63, 3.8) is 0 Å². The number of rotatable bonds is 3. The van der Waals surface area contributed by atoms with Crippen LogP contribution in [0.1, 0.15) is 39.0 Å². The predicted octanol–water partition coefficient (Wildman–Crippen LogP) is 2.69. The average molecular weight is 300 g/mol. The molecule has 0 amide bonds. The summed E-state index contributed by atoms with van der Waals surface area (Å²) >= 11 is 3.34. The first-order chi connectivity index (χ1) is 8.24. The van der Waals surface area contributed by atoms with Gasteiger partial charge < -0.3 is 9.88 Å². The summed E-state index contributed by atoms with van der Waals surface area (Å²) in [6, 6.07) is 0.527. The van der Waals surface area contributed by atoms with Crippen molar-refractivity contribution in [2.45, 2.75) is 45.1 Å². The largest absolute Gasteiger partial charge is 0.353 e. The lowest BCUT2D eigenvalue weighted by Gasteiger charge is -2.34. The average Bonchev–Trinajstić information content (AvgIpc) is 2.37. The van der Waals surface area contributed by atoms with Gasteiger partial charge in [-0.05, 0) is 35.7 Å². The highest BCUT2D eigenvalue weighted by atomic mass is 79.9. The second-order valence-electron chi connectivity index (χ2n) is 4.45. The van der Waals surface area contributed by atoms with E-state index in [0.29, 0.717) is 10.5 Å². The Hall–Kier alpha value is -0.840. The summed E-state index contributed by atoms with van der Waals surface area (Å²) in [5.41, 5.74) is -0.107.